The number of likely N-dealkylation sites (N-methyl/N-ethyl adjacent to an activating group) is 1. The third-order valence-electron chi connectivity index (χ3n) is 6.66. The number of aromatic nitrogens is 5. The van der Waals surface area contributed by atoms with Crippen LogP contribution in [0.25, 0.3) is 16.9 Å². The zero-order valence-corrected chi connectivity index (χ0v) is 18.9. The van der Waals surface area contributed by atoms with E-state index >= 15 is 0 Å². The summed E-state index contributed by atoms with van der Waals surface area (Å²) in [5.74, 6) is 0.891. The minimum Gasteiger partial charge on any atom is -0.387 e. The van der Waals surface area contributed by atoms with Crippen LogP contribution in [0.3, 0.4) is 0 Å². The number of fused-ring (bicyclic) bond motifs is 2. The molecule has 0 saturated carbocycles. The van der Waals surface area contributed by atoms with Crippen LogP contribution >= 0.6 is 0 Å². The number of pyridine rings is 1. The molecule has 3 N–H and O–H groups in total. The van der Waals surface area contributed by atoms with Gasteiger partial charge in [-0.3, -0.25) is 9.89 Å². The Bertz CT molecular complexity index is 1400. The molecule has 1 saturated heterocycles. The molecule has 0 spiro atoms. The number of nitrogens with zero attached hydrogens (tertiary/aromatic N) is 6. The van der Waals surface area contributed by atoms with Crippen LogP contribution in [0.1, 0.15) is 23.8 Å². The molecule has 0 radical (unpaired) electrons. The number of aryl methyl sites for hydroxylation is 1. The fraction of sp³-hybridized carbons (Fsp3) is 0.333. The number of H-pyrrole nitrogens is 1. The summed E-state index contributed by atoms with van der Waals surface area (Å²) in [6.07, 6.45) is 2.40. The first kappa shape index (κ1) is 20.8. The van der Waals surface area contributed by atoms with Crippen LogP contribution in [-0.4, -0.2) is 68.0 Å². The highest BCUT2D eigenvalue weighted by Crippen LogP contribution is 2.30. The number of piperazine rings is 1. The molecular formula is C24H26N8O2. The number of nitrogens with one attached hydrogen (secondary N) is 2. The van der Waals surface area contributed by atoms with Crippen molar-refractivity contribution in [2.75, 3.05) is 43.4 Å². The number of anilines is 3. The van der Waals surface area contributed by atoms with Gasteiger partial charge in [0.1, 0.15) is 5.39 Å². The van der Waals surface area contributed by atoms with Crippen LogP contribution in [0.4, 0.5) is 17.3 Å². The molecule has 4 aromatic rings. The van der Waals surface area contributed by atoms with Gasteiger partial charge >= 0.3 is 0 Å². The van der Waals surface area contributed by atoms with Gasteiger partial charge in [-0.1, -0.05) is 6.07 Å². The highest BCUT2D eigenvalue weighted by molar-refractivity contribution is 5.76. The molecule has 1 aromatic carbocycles. The molecule has 1 atom stereocenters. The second-order valence-corrected chi connectivity index (χ2v) is 8.94. The van der Waals surface area contributed by atoms with Gasteiger partial charge in [0, 0.05) is 43.8 Å². The van der Waals surface area contributed by atoms with Crippen molar-refractivity contribution < 1.29 is 5.11 Å². The average Bonchev–Trinajstić information content (AvgIpc) is 3.39. The quantitative estimate of drug-likeness (QED) is 0.425. The average molecular weight is 459 g/mol. The van der Waals surface area contributed by atoms with Crippen molar-refractivity contribution in [1.82, 2.24) is 29.6 Å². The molecule has 34 heavy (non-hydrogen) atoms. The number of benzene rings is 1. The fourth-order valence-corrected chi connectivity index (χ4v) is 4.64. The summed E-state index contributed by atoms with van der Waals surface area (Å²) in [4.78, 5) is 30.7. The summed E-state index contributed by atoms with van der Waals surface area (Å²) in [6, 6.07) is 12.0. The van der Waals surface area contributed by atoms with E-state index in [0.29, 0.717) is 34.9 Å². The van der Waals surface area contributed by atoms with E-state index in [1.807, 2.05) is 24.3 Å². The highest BCUT2D eigenvalue weighted by atomic mass is 16.3. The predicted octanol–water partition coefficient (Wildman–Crippen LogP) is 1.98. The Morgan fingerprint density at radius 2 is 1.85 bits per heavy atom. The Kier molecular flexibility index (Phi) is 5.04. The number of rotatable bonds is 4. The number of aliphatic hydroxyl groups excluding tert-OH is 1. The van der Waals surface area contributed by atoms with E-state index < -0.39 is 6.10 Å². The fourth-order valence-electron chi connectivity index (χ4n) is 4.64. The number of hydrogen-bond acceptors (Lipinski definition) is 8. The molecule has 1 fully saturated rings. The summed E-state index contributed by atoms with van der Waals surface area (Å²) >= 11 is 0. The Morgan fingerprint density at radius 3 is 2.65 bits per heavy atom. The number of aliphatic hydroxyl groups is 1. The van der Waals surface area contributed by atoms with Crippen molar-refractivity contribution in [3.63, 3.8) is 0 Å². The zero-order chi connectivity index (χ0) is 23.2. The monoisotopic (exact) mass is 458 g/mol. The topological polar surface area (TPSA) is 115 Å². The Hall–Kier alpha value is -3.76. The molecule has 2 aliphatic rings. The molecule has 0 bridgehead atoms. The van der Waals surface area contributed by atoms with Gasteiger partial charge in [0.25, 0.3) is 5.56 Å². The lowest BCUT2D eigenvalue weighted by molar-refractivity contribution is 0.175. The highest BCUT2D eigenvalue weighted by Gasteiger charge is 2.23. The van der Waals surface area contributed by atoms with Gasteiger partial charge in [-0.25, -0.2) is 14.6 Å². The van der Waals surface area contributed by atoms with Crippen molar-refractivity contribution in [3.8, 4) is 5.82 Å². The van der Waals surface area contributed by atoms with Gasteiger partial charge in [-0.05, 0) is 55.8 Å². The number of hydrogen-bond donors (Lipinski definition) is 3. The van der Waals surface area contributed by atoms with Crippen LogP contribution < -0.4 is 15.8 Å². The van der Waals surface area contributed by atoms with Gasteiger partial charge in [0.05, 0.1) is 11.8 Å². The van der Waals surface area contributed by atoms with E-state index in [0.717, 1.165) is 43.9 Å². The summed E-state index contributed by atoms with van der Waals surface area (Å²) in [7, 11) is 2.15. The normalized spacial score (nSPS) is 18.4. The molecule has 3 aromatic heterocycles. The summed E-state index contributed by atoms with van der Waals surface area (Å²) < 4.78 is 1.55. The largest absolute Gasteiger partial charge is 0.387 e. The van der Waals surface area contributed by atoms with Crippen LogP contribution in [0.15, 0.2) is 47.4 Å². The van der Waals surface area contributed by atoms with Crippen LogP contribution in [0.5, 0.6) is 0 Å². The minimum atomic E-state index is -0.579. The first-order valence-electron chi connectivity index (χ1n) is 11.5. The van der Waals surface area contributed by atoms with Crippen molar-refractivity contribution in [1.29, 1.82) is 0 Å². The molecule has 6 rings (SSSR count). The zero-order valence-electron chi connectivity index (χ0n) is 18.9. The standard InChI is InChI=1S/C24H26N8O2/c1-30-10-12-31(13-11-30)17-6-4-16(5-7-17)26-24-25-14-18-22(28-24)32(29-23(18)34)20-9-3-15-2-8-19(33)21(15)27-20/h3-7,9,14,19,33H,2,8,10-13H2,1H3,(H,29,34)(H,25,26,28). The summed E-state index contributed by atoms with van der Waals surface area (Å²) in [5, 5.41) is 16.6. The second-order valence-electron chi connectivity index (χ2n) is 8.94. The van der Waals surface area contributed by atoms with Crippen molar-refractivity contribution in [2.45, 2.75) is 18.9 Å². The van der Waals surface area contributed by atoms with Gasteiger partial charge in [0.15, 0.2) is 11.5 Å². The Labute approximate surface area is 195 Å². The molecule has 4 heterocycles. The summed E-state index contributed by atoms with van der Waals surface area (Å²) in [6.45, 7) is 4.15. The molecule has 1 aliphatic heterocycles. The van der Waals surface area contributed by atoms with Crippen LogP contribution in [0, 0.1) is 0 Å². The van der Waals surface area contributed by atoms with Crippen LogP contribution in [0.2, 0.25) is 0 Å². The van der Waals surface area contributed by atoms with Crippen molar-refractivity contribution in [3.05, 3.63) is 64.2 Å². The smallest absolute Gasteiger partial charge is 0.275 e. The van der Waals surface area contributed by atoms with E-state index in [1.54, 1.807) is 4.68 Å². The lowest BCUT2D eigenvalue weighted by Crippen LogP contribution is -2.44. The van der Waals surface area contributed by atoms with Crippen molar-refractivity contribution in [2.24, 2.45) is 0 Å². The SMILES string of the molecule is CN1CCN(c2ccc(Nc3ncc4c(=O)[nH]n(-c5ccc6c(n5)C(O)CC6)c4n3)cc2)CC1. The lowest BCUT2D eigenvalue weighted by atomic mass is 10.2. The Balaban J connectivity index is 1.28. The molecule has 0 amide bonds. The van der Waals surface area contributed by atoms with E-state index in [9.17, 15) is 9.90 Å². The molecule has 10 nitrogen and oxygen atoms in total. The van der Waals surface area contributed by atoms with Gasteiger partial charge in [-0.15, -0.1) is 0 Å². The lowest BCUT2D eigenvalue weighted by Gasteiger charge is -2.34. The third-order valence-corrected chi connectivity index (χ3v) is 6.66. The number of aromatic amines is 1. The Morgan fingerprint density at radius 1 is 1.06 bits per heavy atom. The maximum Gasteiger partial charge on any atom is 0.275 e. The second kappa shape index (κ2) is 8.23. The molecule has 1 aliphatic carbocycles. The maximum atomic E-state index is 12.5. The first-order chi connectivity index (χ1) is 16.5. The minimum absolute atomic E-state index is 0.291. The summed E-state index contributed by atoms with van der Waals surface area (Å²) in [5.41, 5.74) is 3.89. The van der Waals surface area contributed by atoms with E-state index in [2.05, 4.69) is 54.3 Å². The molecule has 1 unspecified atom stereocenters. The maximum absolute atomic E-state index is 12.5. The van der Waals surface area contributed by atoms with Gasteiger partial charge in [0.2, 0.25) is 5.95 Å². The molecule has 174 valence electrons. The van der Waals surface area contributed by atoms with E-state index in [-0.39, 0.29) is 5.56 Å². The molecular weight excluding hydrogens is 432 g/mol. The predicted molar refractivity (Wildman–Crippen MR) is 130 cm³/mol. The van der Waals surface area contributed by atoms with E-state index in [1.165, 1.54) is 11.9 Å². The van der Waals surface area contributed by atoms with E-state index in [4.69, 9.17) is 0 Å². The van der Waals surface area contributed by atoms with Crippen LogP contribution in [-0.2, 0) is 6.42 Å². The van der Waals surface area contributed by atoms with Gasteiger partial charge in [-0.2, -0.15) is 4.98 Å². The third kappa shape index (κ3) is 3.70. The first-order valence-corrected chi connectivity index (χ1v) is 11.5. The van der Waals surface area contributed by atoms with Gasteiger partial charge < -0.3 is 20.2 Å². The van der Waals surface area contributed by atoms with Crippen molar-refractivity contribution >= 4 is 28.4 Å². The molecule has 10 heteroatoms.